The van der Waals surface area contributed by atoms with Crippen molar-refractivity contribution in [3.8, 4) is 0 Å². The minimum atomic E-state index is -1.94. The number of carboxylic acid groups (broad SMARTS) is 4. The predicted octanol–water partition coefficient (Wildman–Crippen LogP) is -6.06. The SMILES string of the molecule is CC(C)C[C@H](NC(=O)[C@H](CC(=O)O)NC(=O)[C@H](CC(C)C)NC(=O)[C@@H]1CCCN1C(=O)[C@H](Cc1ccccc1)NC(=O)[C@H](CCC(=O)O)NC(=O)[C@@H](N)CCCCN)C(=O)N[C@H](C(=O)N[C@@H](C)C(=O)NCC(=O)N[C@H](C(=O)N[C@@H](CC(=O)O)C(=O)N[C@@H](C)C(=O)N[C@@H](C)C(=O)O)[C@@H](C)O)[C@@H](C)O. The minimum absolute atomic E-state index is 0.00742. The molecule has 15 atom stereocenters. The molecule has 1 saturated heterocycles. The zero-order valence-corrected chi connectivity index (χ0v) is 58.5. The Bertz CT molecular complexity index is 3120. The highest BCUT2D eigenvalue weighted by Gasteiger charge is 2.42. The van der Waals surface area contributed by atoms with Gasteiger partial charge in [-0.25, -0.2) is 0 Å². The van der Waals surface area contributed by atoms with E-state index in [4.69, 9.17) is 16.6 Å². The van der Waals surface area contributed by atoms with Gasteiger partial charge in [0.2, 0.25) is 76.8 Å². The quantitative estimate of drug-likeness (QED) is 0.0270. The number of likely N-dealkylation sites (tertiary alicyclic amines) is 1. The number of carboxylic acids is 4. The maximum atomic E-state index is 14.7. The minimum Gasteiger partial charge on any atom is -0.481 e. The third-order valence-electron chi connectivity index (χ3n) is 15.8. The molecule has 1 aromatic rings. The van der Waals surface area contributed by atoms with Crippen molar-refractivity contribution >= 4 is 101 Å². The molecule has 102 heavy (non-hydrogen) atoms. The van der Waals surface area contributed by atoms with Crippen LogP contribution in [0.4, 0.5) is 0 Å². The van der Waals surface area contributed by atoms with Crippen molar-refractivity contribution in [2.24, 2.45) is 23.3 Å². The zero-order chi connectivity index (χ0) is 77.4. The molecular weight excluding hydrogens is 1350 g/mol. The standard InChI is InChI=1S/C64H101N15O23/c1-30(2)24-40(74-60(97)45-19-15-23-79(45)63(100)44(26-37-16-11-10-12-17-37)76-55(92)39(20-21-47(83)84)71-54(91)38(66)18-13-14-22-65)57(94)73-43(28-49(87)88)58(95)72-41(25-31(3)4)59(96)78-51(36(9)81)61(98)69-32(5)52(89)67-29-46(82)77-50(35(8)80)62(99)75-42(27-48(85)86)56(93)68-33(6)53(90)70-34(7)64(101)102/h10-12,16-17,30-36,38-45,50-51,80-81H,13-15,18-29,65-66H2,1-9H3,(H,67,89)(H,68,93)(H,69,98)(H,70,90)(H,71,91)(H,72,95)(H,73,94)(H,74,97)(H,75,99)(H,76,92)(H,77,82)(H,78,96)(H,83,84)(H,85,86)(H,87,88)(H,101,102)/t32-,33-,34-,35+,36+,38-,39-,40-,41-,42-,43-,44-,45-,50-,51-/m0/s1. The fourth-order valence-electron chi connectivity index (χ4n) is 10.3. The Morgan fingerprint density at radius 2 is 0.931 bits per heavy atom. The average Bonchev–Trinajstić information content (AvgIpc) is 1.59. The molecule has 0 bridgehead atoms. The van der Waals surface area contributed by atoms with Gasteiger partial charge in [0.1, 0.15) is 72.5 Å². The Labute approximate surface area is 588 Å². The van der Waals surface area contributed by atoms with Gasteiger partial charge in [0.05, 0.1) is 37.6 Å². The number of unbranched alkanes of at least 4 members (excludes halogenated alkanes) is 1. The van der Waals surface area contributed by atoms with Gasteiger partial charge in [0.15, 0.2) is 0 Å². The van der Waals surface area contributed by atoms with Gasteiger partial charge in [0, 0.05) is 19.4 Å². The van der Waals surface area contributed by atoms with E-state index >= 15 is 0 Å². The summed E-state index contributed by atoms with van der Waals surface area (Å²) in [5.41, 5.74) is 12.2. The van der Waals surface area contributed by atoms with E-state index in [1.165, 1.54) is 4.90 Å². The molecule has 570 valence electrons. The lowest BCUT2D eigenvalue weighted by molar-refractivity contribution is -0.143. The summed E-state index contributed by atoms with van der Waals surface area (Å²) in [5.74, 6) is -20.2. The van der Waals surface area contributed by atoms with E-state index in [1.54, 1.807) is 58.0 Å². The van der Waals surface area contributed by atoms with E-state index in [-0.39, 0.29) is 57.4 Å². The van der Waals surface area contributed by atoms with Crippen LogP contribution in [0, 0.1) is 11.8 Å². The molecule has 38 heteroatoms. The molecule has 0 aliphatic carbocycles. The summed E-state index contributed by atoms with van der Waals surface area (Å²) < 4.78 is 0. The molecule has 0 radical (unpaired) electrons. The number of nitrogens with zero attached hydrogens (tertiary/aromatic N) is 1. The fraction of sp³-hybridized carbons (Fsp3) is 0.641. The molecule has 1 aromatic carbocycles. The van der Waals surface area contributed by atoms with Gasteiger partial charge in [-0.1, -0.05) is 64.4 Å². The van der Waals surface area contributed by atoms with Crippen LogP contribution >= 0.6 is 0 Å². The predicted molar refractivity (Wildman–Crippen MR) is 358 cm³/mol. The molecule has 0 aromatic heterocycles. The molecule has 0 saturated carbocycles. The van der Waals surface area contributed by atoms with Crippen molar-refractivity contribution in [3.05, 3.63) is 35.9 Å². The van der Waals surface area contributed by atoms with Crippen LogP contribution < -0.4 is 75.3 Å². The Hall–Kier alpha value is -9.95. The lowest BCUT2D eigenvalue weighted by Gasteiger charge is -2.31. The van der Waals surface area contributed by atoms with Crippen molar-refractivity contribution in [3.63, 3.8) is 0 Å². The number of benzene rings is 1. The van der Waals surface area contributed by atoms with Crippen molar-refractivity contribution in [1.29, 1.82) is 0 Å². The number of rotatable bonds is 45. The number of aliphatic hydroxyl groups excluding tert-OH is 2. The number of amides is 13. The zero-order valence-electron chi connectivity index (χ0n) is 58.5. The molecule has 0 unspecified atom stereocenters. The van der Waals surface area contributed by atoms with E-state index in [2.05, 4.69) is 58.5 Å². The highest BCUT2D eigenvalue weighted by molar-refractivity contribution is 6.01. The molecule has 1 aliphatic rings. The van der Waals surface area contributed by atoms with Crippen molar-refractivity contribution in [2.45, 2.75) is 230 Å². The average molecular weight is 1450 g/mol. The number of nitrogens with one attached hydrogen (secondary N) is 12. The number of carbonyl (C=O) groups excluding carboxylic acids is 13. The second-order valence-electron chi connectivity index (χ2n) is 25.8. The number of hydrogen-bond acceptors (Lipinski definition) is 21. The maximum Gasteiger partial charge on any atom is 0.325 e. The molecule has 13 amide bonds. The molecule has 0 spiro atoms. The molecule has 1 aliphatic heterocycles. The molecule has 1 heterocycles. The first-order valence-corrected chi connectivity index (χ1v) is 33.3. The molecular formula is C64H101N15O23. The van der Waals surface area contributed by atoms with Crippen molar-refractivity contribution < 1.29 is 112 Å². The number of hydrogen-bond donors (Lipinski definition) is 20. The van der Waals surface area contributed by atoms with Crippen LogP contribution in [0.15, 0.2) is 30.3 Å². The van der Waals surface area contributed by atoms with Gasteiger partial charge in [-0.3, -0.25) is 81.5 Å². The molecule has 1 fully saturated rings. The third-order valence-corrected chi connectivity index (χ3v) is 15.8. The van der Waals surface area contributed by atoms with Gasteiger partial charge in [-0.2, -0.15) is 0 Å². The number of nitrogens with two attached hydrogens (primary N) is 2. The van der Waals surface area contributed by atoms with E-state index < -0.39 is 223 Å². The summed E-state index contributed by atoms with van der Waals surface area (Å²) in [7, 11) is 0. The summed E-state index contributed by atoms with van der Waals surface area (Å²) in [6, 6.07) is -11.8. The second kappa shape index (κ2) is 43.7. The van der Waals surface area contributed by atoms with Crippen molar-refractivity contribution in [1.82, 2.24) is 68.7 Å². The molecule has 22 N–H and O–H groups in total. The Morgan fingerprint density at radius 3 is 1.46 bits per heavy atom. The van der Waals surface area contributed by atoms with E-state index in [9.17, 15) is 107 Å². The molecule has 38 nitrogen and oxygen atoms in total. The number of carbonyl (C=O) groups is 17. The lowest BCUT2D eigenvalue weighted by atomic mass is 10.00. The van der Waals surface area contributed by atoms with Crippen LogP contribution in [-0.2, 0) is 87.9 Å². The summed E-state index contributed by atoms with van der Waals surface area (Å²) in [5, 5.41) is 86.7. The van der Waals surface area contributed by atoms with Crippen LogP contribution in [0.5, 0.6) is 0 Å². The van der Waals surface area contributed by atoms with Crippen molar-refractivity contribution in [2.75, 3.05) is 19.6 Å². The third kappa shape index (κ3) is 31.3. The number of aliphatic carboxylic acids is 4. The fourth-order valence-corrected chi connectivity index (χ4v) is 10.3. The van der Waals surface area contributed by atoms with Gasteiger partial charge in [0.25, 0.3) is 0 Å². The maximum absolute atomic E-state index is 14.7. The summed E-state index contributed by atoms with van der Waals surface area (Å²) in [6.07, 6.45) is -5.35. The summed E-state index contributed by atoms with van der Waals surface area (Å²) in [4.78, 5) is 225. The lowest BCUT2D eigenvalue weighted by Crippen LogP contribution is -2.61. The van der Waals surface area contributed by atoms with E-state index in [1.807, 2.05) is 5.32 Å². The van der Waals surface area contributed by atoms with E-state index in [0.29, 0.717) is 24.9 Å². The van der Waals surface area contributed by atoms with Gasteiger partial charge in [-0.05, 0) is 104 Å². The normalized spacial score (nSPS) is 16.8. The van der Waals surface area contributed by atoms with Crippen LogP contribution in [0.3, 0.4) is 0 Å². The second-order valence-corrected chi connectivity index (χ2v) is 25.8. The monoisotopic (exact) mass is 1450 g/mol. The highest BCUT2D eigenvalue weighted by Crippen LogP contribution is 2.22. The van der Waals surface area contributed by atoms with Crippen LogP contribution in [0.2, 0.25) is 0 Å². The smallest absolute Gasteiger partial charge is 0.325 e. The summed E-state index contributed by atoms with van der Waals surface area (Å²) >= 11 is 0. The Balaban J connectivity index is 2.29. The first-order valence-electron chi connectivity index (χ1n) is 33.3. The molecule has 2 rings (SSSR count). The Morgan fingerprint density at radius 1 is 0.480 bits per heavy atom. The first-order chi connectivity index (χ1) is 47.7. The van der Waals surface area contributed by atoms with Gasteiger partial charge in [-0.15, -0.1) is 0 Å². The van der Waals surface area contributed by atoms with Crippen LogP contribution in [0.25, 0.3) is 0 Å². The largest absolute Gasteiger partial charge is 0.481 e. The first kappa shape index (κ1) is 88.1. The van der Waals surface area contributed by atoms with Gasteiger partial charge >= 0.3 is 23.9 Å². The van der Waals surface area contributed by atoms with Gasteiger partial charge < -0.3 is 111 Å². The summed E-state index contributed by atoms with van der Waals surface area (Å²) in [6.45, 7) is 11.6. The highest BCUT2D eigenvalue weighted by atomic mass is 16.4. The number of aliphatic hydroxyl groups is 2. The topological polar surface area (TPSA) is 611 Å². The Kier molecular flexibility index (Phi) is 37.7. The van der Waals surface area contributed by atoms with Crippen LogP contribution in [-0.4, -0.2) is 247 Å². The van der Waals surface area contributed by atoms with Crippen LogP contribution in [0.1, 0.15) is 139 Å². The van der Waals surface area contributed by atoms with E-state index in [0.717, 1.165) is 34.6 Å².